The van der Waals surface area contributed by atoms with E-state index in [4.69, 9.17) is 9.15 Å². The van der Waals surface area contributed by atoms with Crippen molar-refractivity contribution in [2.75, 3.05) is 7.11 Å². The first kappa shape index (κ1) is 22.4. The van der Waals surface area contributed by atoms with Gasteiger partial charge in [-0.2, -0.15) is 0 Å². The Morgan fingerprint density at radius 1 is 1.03 bits per heavy atom. The molecule has 4 rings (SSSR count). The molecule has 33 heavy (non-hydrogen) atoms. The van der Waals surface area contributed by atoms with Crippen molar-refractivity contribution in [3.8, 4) is 5.75 Å². The van der Waals surface area contributed by atoms with E-state index in [1.165, 1.54) is 11.2 Å². The molecule has 1 saturated heterocycles. The maximum atomic E-state index is 13.2. The highest BCUT2D eigenvalue weighted by atomic mass is 16.5. The van der Waals surface area contributed by atoms with Gasteiger partial charge in [0.2, 0.25) is 0 Å². The Morgan fingerprint density at radius 3 is 2.45 bits per heavy atom. The molecule has 0 bridgehead atoms. The van der Waals surface area contributed by atoms with Gasteiger partial charge in [-0.25, -0.2) is 0 Å². The van der Waals surface area contributed by atoms with Gasteiger partial charge in [0.05, 0.1) is 18.9 Å². The van der Waals surface area contributed by atoms with Crippen LogP contribution in [0.4, 0.5) is 0 Å². The summed E-state index contributed by atoms with van der Waals surface area (Å²) in [4.78, 5) is 27.9. The molecule has 1 atom stereocenters. The highest BCUT2D eigenvalue weighted by Gasteiger charge is 2.47. The highest BCUT2D eigenvalue weighted by Crippen LogP contribution is 2.41. The van der Waals surface area contributed by atoms with E-state index in [1.54, 1.807) is 31.4 Å². The lowest BCUT2D eigenvalue weighted by Crippen LogP contribution is -2.29. The zero-order valence-corrected chi connectivity index (χ0v) is 19.4. The van der Waals surface area contributed by atoms with E-state index < -0.39 is 17.7 Å². The third kappa shape index (κ3) is 3.93. The van der Waals surface area contributed by atoms with Crippen LogP contribution in [0.3, 0.4) is 0 Å². The first-order valence-corrected chi connectivity index (χ1v) is 10.8. The average Bonchev–Trinajstić information content (AvgIpc) is 3.39. The second-order valence-electron chi connectivity index (χ2n) is 8.51. The minimum absolute atomic E-state index is 0.0212. The molecule has 1 aliphatic rings. The molecule has 2 aromatic carbocycles. The predicted octanol–water partition coefficient (Wildman–Crippen LogP) is 5.14. The second kappa shape index (κ2) is 8.62. The molecule has 3 aromatic rings. The Morgan fingerprint density at radius 2 is 1.79 bits per heavy atom. The van der Waals surface area contributed by atoms with Crippen LogP contribution in [0.5, 0.6) is 5.75 Å². The van der Waals surface area contributed by atoms with Gasteiger partial charge in [0.1, 0.15) is 23.3 Å². The Balaban J connectivity index is 1.88. The lowest BCUT2D eigenvalue weighted by Gasteiger charge is -2.24. The van der Waals surface area contributed by atoms with E-state index in [1.807, 2.05) is 45.9 Å². The van der Waals surface area contributed by atoms with E-state index in [0.29, 0.717) is 17.1 Å². The van der Waals surface area contributed by atoms with Crippen LogP contribution in [0, 0.1) is 27.7 Å². The van der Waals surface area contributed by atoms with Crippen molar-refractivity contribution < 1.29 is 23.8 Å². The number of carbonyl (C=O) groups excluding carboxylic acids is 2. The van der Waals surface area contributed by atoms with Gasteiger partial charge in [-0.05, 0) is 74.2 Å². The number of methoxy groups -OCH3 is 1. The van der Waals surface area contributed by atoms with Gasteiger partial charge < -0.3 is 19.2 Å². The molecule has 2 heterocycles. The van der Waals surface area contributed by atoms with Gasteiger partial charge in [-0.3, -0.25) is 9.59 Å². The van der Waals surface area contributed by atoms with Gasteiger partial charge in [-0.1, -0.05) is 23.8 Å². The van der Waals surface area contributed by atoms with Crippen LogP contribution >= 0.6 is 0 Å². The summed E-state index contributed by atoms with van der Waals surface area (Å²) in [6.07, 6.45) is 1.50. The summed E-state index contributed by atoms with van der Waals surface area (Å²) in [5.74, 6) is -0.513. The molecule has 0 spiro atoms. The lowest BCUT2D eigenvalue weighted by atomic mass is 9.95. The maximum Gasteiger partial charge on any atom is 0.296 e. The van der Waals surface area contributed by atoms with Crippen molar-refractivity contribution in [1.29, 1.82) is 0 Å². The number of nitrogens with zero attached hydrogens (tertiary/aromatic N) is 1. The summed E-state index contributed by atoms with van der Waals surface area (Å²) in [7, 11) is 1.58. The van der Waals surface area contributed by atoms with E-state index in [2.05, 4.69) is 0 Å². The van der Waals surface area contributed by atoms with Crippen LogP contribution in [0.15, 0.2) is 58.7 Å². The van der Waals surface area contributed by atoms with Gasteiger partial charge in [0.15, 0.2) is 0 Å². The number of benzene rings is 2. The summed E-state index contributed by atoms with van der Waals surface area (Å²) in [5, 5.41) is 11.3. The molecule has 170 valence electrons. The molecule has 0 saturated carbocycles. The van der Waals surface area contributed by atoms with Crippen molar-refractivity contribution >= 4 is 17.4 Å². The zero-order chi connectivity index (χ0) is 23.9. The number of carbonyl (C=O) groups is 2. The third-order valence-corrected chi connectivity index (χ3v) is 6.19. The van der Waals surface area contributed by atoms with Crippen LogP contribution in [-0.4, -0.2) is 28.8 Å². The molecule has 1 fully saturated rings. The normalized spacial score (nSPS) is 17.6. The minimum Gasteiger partial charge on any atom is -0.507 e. The topological polar surface area (TPSA) is 80.0 Å². The SMILES string of the molecule is COc1cc(C)c(/C(O)=C2/C(=O)C(=O)N(Cc3cc(C)ccc3C)C2c2ccco2)cc1C. The fraction of sp³-hybridized carbons (Fsp3) is 0.259. The Bertz CT molecular complexity index is 1270. The monoisotopic (exact) mass is 445 g/mol. The molecule has 6 nitrogen and oxygen atoms in total. The first-order valence-electron chi connectivity index (χ1n) is 10.8. The smallest absolute Gasteiger partial charge is 0.296 e. The third-order valence-electron chi connectivity index (χ3n) is 6.19. The molecule has 6 heteroatoms. The highest BCUT2D eigenvalue weighted by molar-refractivity contribution is 6.46. The van der Waals surface area contributed by atoms with Crippen molar-refractivity contribution in [3.05, 3.63) is 93.4 Å². The Labute approximate surface area is 193 Å². The predicted molar refractivity (Wildman–Crippen MR) is 125 cm³/mol. The quantitative estimate of drug-likeness (QED) is 0.334. The van der Waals surface area contributed by atoms with E-state index in [9.17, 15) is 14.7 Å². The van der Waals surface area contributed by atoms with E-state index in [0.717, 1.165) is 27.8 Å². The van der Waals surface area contributed by atoms with Gasteiger partial charge in [-0.15, -0.1) is 0 Å². The molecule has 0 aliphatic carbocycles. The molecule has 1 N–H and O–H groups in total. The standard InChI is InChI=1S/C27H27NO5/c1-15-8-9-16(2)19(11-15)14-28-24(21-7-6-10-33-21)23(26(30)27(28)31)25(29)20-12-18(4)22(32-5)13-17(20)3/h6-13,24,29H,14H2,1-5H3/b25-23-. The number of amides is 1. The lowest BCUT2D eigenvalue weighted by molar-refractivity contribution is -0.140. The van der Waals surface area contributed by atoms with Crippen molar-refractivity contribution in [3.63, 3.8) is 0 Å². The Kier molecular flexibility index (Phi) is 5.85. The average molecular weight is 446 g/mol. The van der Waals surface area contributed by atoms with Crippen molar-refractivity contribution in [2.24, 2.45) is 0 Å². The van der Waals surface area contributed by atoms with E-state index >= 15 is 0 Å². The molecular weight excluding hydrogens is 418 g/mol. The number of hydrogen-bond acceptors (Lipinski definition) is 5. The first-order chi connectivity index (χ1) is 15.7. The summed E-state index contributed by atoms with van der Waals surface area (Å²) < 4.78 is 11.0. The maximum absolute atomic E-state index is 13.2. The molecule has 1 amide bonds. The number of aliphatic hydroxyl groups excluding tert-OH is 1. The molecule has 1 aliphatic heterocycles. The van der Waals surface area contributed by atoms with Gasteiger partial charge in [0, 0.05) is 12.1 Å². The van der Waals surface area contributed by atoms with Gasteiger partial charge >= 0.3 is 0 Å². The summed E-state index contributed by atoms with van der Waals surface area (Å²) in [6.45, 7) is 7.86. The summed E-state index contributed by atoms with van der Waals surface area (Å²) in [5.41, 5.74) is 5.05. The number of ether oxygens (including phenoxy) is 1. The van der Waals surface area contributed by atoms with Crippen LogP contribution in [0.25, 0.3) is 5.76 Å². The van der Waals surface area contributed by atoms with E-state index in [-0.39, 0.29) is 17.9 Å². The zero-order valence-electron chi connectivity index (χ0n) is 19.4. The number of Topliss-reactive ketones (excluding diaryl/α,β-unsaturated/α-hetero) is 1. The number of furan rings is 1. The van der Waals surface area contributed by atoms with Crippen molar-refractivity contribution in [2.45, 2.75) is 40.3 Å². The fourth-order valence-corrected chi connectivity index (χ4v) is 4.35. The van der Waals surface area contributed by atoms with Crippen LogP contribution < -0.4 is 4.74 Å². The number of hydrogen-bond donors (Lipinski definition) is 1. The molecular formula is C27H27NO5. The number of rotatable bonds is 5. The number of aryl methyl sites for hydroxylation is 4. The van der Waals surface area contributed by atoms with Gasteiger partial charge in [0.25, 0.3) is 11.7 Å². The second-order valence-corrected chi connectivity index (χ2v) is 8.51. The Hall–Kier alpha value is -3.80. The number of ketones is 1. The fourth-order valence-electron chi connectivity index (χ4n) is 4.35. The molecule has 1 aromatic heterocycles. The minimum atomic E-state index is -0.832. The largest absolute Gasteiger partial charge is 0.507 e. The molecule has 0 radical (unpaired) electrons. The van der Waals surface area contributed by atoms with Crippen molar-refractivity contribution in [1.82, 2.24) is 4.90 Å². The number of likely N-dealkylation sites (tertiary alicyclic amines) is 1. The van der Waals surface area contributed by atoms with Crippen LogP contribution in [0.1, 0.15) is 45.2 Å². The summed E-state index contributed by atoms with van der Waals surface area (Å²) >= 11 is 0. The van der Waals surface area contributed by atoms with Crippen LogP contribution in [-0.2, 0) is 16.1 Å². The molecule has 1 unspecified atom stereocenters. The van der Waals surface area contributed by atoms with Crippen LogP contribution in [0.2, 0.25) is 0 Å². The summed E-state index contributed by atoms with van der Waals surface area (Å²) in [6, 6.07) is 12.2. The number of aliphatic hydroxyl groups is 1.